The van der Waals surface area contributed by atoms with Gasteiger partial charge >= 0.3 is 5.97 Å². The summed E-state index contributed by atoms with van der Waals surface area (Å²) >= 11 is 0. The Hall–Kier alpha value is -0.360. The first-order valence-electron chi connectivity index (χ1n) is 13.1. The number of carbonyl (C=O) groups is 1. The smallest absolute Gasteiger partial charge is 0.302 e. The number of hydrogen-bond acceptors (Lipinski definition) is 4. The Kier molecular flexibility index (Phi) is 25.1. The number of nitrogens with zero attached hydrogens (tertiary/aromatic N) is 1. The minimum absolute atomic E-state index is 0. The highest BCUT2D eigenvalue weighted by Crippen LogP contribution is 2.10. The summed E-state index contributed by atoms with van der Waals surface area (Å²) in [5.41, 5.74) is 0. The monoisotopic (exact) mass is 479 g/mol. The number of quaternary nitrogens is 1. The van der Waals surface area contributed by atoms with Crippen LogP contribution in [-0.2, 0) is 19.0 Å². The maximum absolute atomic E-state index is 11.0. The van der Waals surface area contributed by atoms with Gasteiger partial charge in [-0.1, -0.05) is 78.1 Å². The molecule has 0 radical (unpaired) electrons. The second kappa shape index (κ2) is 23.8. The van der Waals surface area contributed by atoms with E-state index in [9.17, 15) is 4.79 Å². The summed E-state index contributed by atoms with van der Waals surface area (Å²) < 4.78 is 18.2. The lowest BCUT2D eigenvalue weighted by Crippen LogP contribution is -3.00. The van der Waals surface area contributed by atoms with Crippen LogP contribution in [0.5, 0.6) is 0 Å². The van der Waals surface area contributed by atoms with Crippen molar-refractivity contribution in [3.63, 3.8) is 0 Å². The molecule has 0 aliphatic carbocycles. The van der Waals surface area contributed by atoms with Crippen LogP contribution in [0.25, 0.3) is 0 Å². The van der Waals surface area contributed by atoms with Crippen LogP contribution in [0.2, 0.25) is 0 Å². The van der Waals surface area contributed by atoms with E-state index in [0.717, 1.165) is 50.0 Å². The van der Waals surface area contributed by atoms with Crippen LogP contribution in [0.1, 0.15) is 104 Å². The van der Waals surface area contributed by atoms with Gasteiger partial charge in [0.05, 0.1) is 33.9 Å². The van der Waals surface area contributed by atoms with Gasteiger partial charge in [0.25, 0.3) is 0 Å². The lowest BCUT2D eigenvalue weighted by Gasteiger charge is -2.33. The van der Waals surface area contributed by atoms with Gasteiger partial charge in [-0.25, -0.2) is 0 Å². The van der Waals surface area contributed by atoms with Gasteiger partial charge in [-0.2, -0.15) is 0 Å². The van der Waals surface area contributed by atoms with Gasteiger partial charge in [-0.3, -0.25) is 4.79 Å². The van der Waals surface area contributed by atoms with Gasteiger partial charge in [0.15, 0.2) is 0 Å². The number of unbranched alkanes of at least 4 members (excludes halogenated alkanes) is 10. The standard InChI is InChI=1S/C26H54NO4.ClH/c1-6-8-10-12-14-16-20-29-24-26(31-21-17-15-13-11-9-7-2)23-27(4,5)19-18-22-30-25(3)28;/h26H,6-24H2,1-5H3;1H/q+1;/p-1. The zero-order valence-corrected chi connectivity index (χ0v) is 22.7. The maximum Gasteiger partial charge on any atom is 0.302 e. The molecule has 32 heavy (non-hydrogen) atoms. The first-order chi connectivity index (χ1) is 14.9. The normalized spacial score (nSPS) is 12.4. The molecule has 0 N–H and O–H groups in total. The molecule has 0 aliphatic heterocycles. The fraction of sp³-hybridized carbons (Fsp3) is 0.962. The number of halogens is 1. The van der Waals surface area contributed by atoms with E-state index in [2.05, 4.69) is 27.9 Å². The number of carbonyl (C=O) groups excluding carboxylic acids is 1. The Labute approximate surface area is 205 Å². The van der Waals surface area contributed by atoms with Crippen LogP contribution < -0.4 is 12.4 Å². The molecule has 0 aromatic heterocycles. The average molecular weight is 480 g/mol. The van der Waals surface area contributed by atoms with E-state index in [4.69, 9.17) is 14.2 Å². The Morgan fingerprint density at radius 1 is 0.750 bits per heavy atom. The molecule has 0 aromatic rings. The molecule has 0 aromatic carbocycles. The minimum atomic E-state index is -0.200. The summed E-state index contributed by atoms with van der Waals surface area (Å²) in [4.78, 5) is 11.0. The molecule has 0 amide bonds. The van der Waals surface area contributed by atoms with E-state index in [1.54, 1.807) is 0 Å². The Morgan fingerprint density at radius 2 is 1.28 bits per heavy atom. The zero-order valence-electron chi connectivity index (χ0n) is 22.0. The molecule has 6 heteroatoms. The first kappa shape index (κ1) is 33.8. The van der Waals surface area contributed by atoms with Gasteiger partial charge in [-0.05, 0) is 12.8 Å². The maximum atomic E-state index is 11.0. The predicted molar refractivity (Wildman–Crippen MR) is 130 cm³/mol. The molecule has 0 rings (SSSR count). The van der Waals surface area contributed by atoms with E-state index in [0.29, 0.717) is 13.2 Å². The molecule has 0 heterocycles. The minimum Gasteiger partial charge on any atom is -1.00 e. The molecule has 0 spiro atoms. The number of esters is 1. The summed E-state index contributed by atoms with van der Waals surface area (Å²) in [6.45, 7) is 10.7. The molecular formula is C26H54ClNO4. The summed E-state index contributed by atoms with van der Waals surface area (Å²) in [6, 6.07) is 0. The molecule has 1 unspecified atom stereocenters. The first-order valence-corrected chi connectivity index (χ1v) is 13.1. The number of rotatable bonds is 23. The Balaban J connectivity index is 0. The topological polar surface area (TPSA) is 44.8 Å². The van der Waals surface area contributed by atoms with Crippen LogP contribution in [0.3, 0.4) is 0 Å². The molecule has 194 valence electrons. The number of ether oxygens (including phenoxy) is 3. The molecule has 0 bridgehead atoms. The van der Waals surface area contributed by atoms with Gasteiger partial charge in [0.2, 0.25) is 0 Å². The van der Waals surface area contributed by atoms with Crippen LogP contribution in [0.15, 0.2) is 0 Å². The lowest BCUT2D eigenvalue weighted by molar-refractivity contribution is -0.893. The van der Waals surface area contributed by atoms with Crippen molar-refractivity contribution in [2.45, 2.75) is 110 Å². The molecule has 0 fully saturated rings. The van der Waals surface area contributed by atoms with E-state index in [-0.39, 0.29) is 24.5 Å². The zero-order chi connectivity index (χ0) is 23.2. The van der Waals surface area contributed by atoms with Gasteiger partial charge in [0.1, 0.15) is 12.6 Å². The van der Waals surface area contributed by atoms with Crippen molar-refractivity contribution in [1.29, 1.82) is 0 Å². The van der Waals surface area contributed by atoms with Crippen molar-refractivity contribution < 1.29 is 35.9 Å². The third-order valence-corrected chi connectivity index (χ3v) is 5.71. The predicted octanol–water partition coefficient (Wildman–Crippen LogP) is 3.14. The molecule has 1 atom stereocenters. The van der Waals surface area contributed by atoms with Crippen LogP contribution >= 0.6 is 0 Å². The molecule has 5 nitrogen and oxygen atoms in total. The summed E-state index contributed by atoms with van der Waals surface area (Å²) in [5, 5.41) is 0. The van der Waals surface area contributed by atoms with Crippen LogP contribution in [-0.4, -0.2) is 70.2 Å². The SMILES string of the molecule is CCCCCCCCOCC(C[N+](C)(C)CCCOC(C)=O)OCCCCCCCC.[Cl-]. The van der Waals surface area contributed by atoms with E-state index >= 15 is 0 Å². The third kappa shape index (κ3) is 24.3. The van der Waals surface area contributed by atoms with Crippen molar-refractivity contribution in [2.75, 3.05) is 53.6 Å². The fourth-order valence-electron chi connectivity index (χ4n) is 3.84. The number of likely N-dealkylation sites (N-methyl/N-ethyl adjacent to an activating group) is 1. The summed E-state index contributed by atoms with van der Waals surface area (Å²) in [6.07, 6.45) is 16.4. The summed E-state index contributed by atoms with van der Waals surface area (Å²) in [7, 11) is 4.45. The quantitative estimate of drug-likeness (QED) is 0.128. The van der Waals surface area contributed by atoms with Gasteiger partial charge in [-0.15, -0.1) is 0 Å². The van der Waals surface area contributed by atoms with E-state index in [1.165, 1.54) is 71.1 Å². The largest absolute Gasteiger partial charge is 1.00 e. The Bertz CT molecular complexity index is 407. The van der Waals surface area contributed by atoms with Crippen molar-refractivity contribution >= 4 is 5.97 Å². The molecule has 0 aliphatic rings. The van der Waals surface area contributed by atoms with Crippen molar-refractivity contribution in [1.82, 2.24) is 0 Å². The highest BCUT2D eigenvalue weighted by Gasteiger charge is 2.23. The second-order valence-corrected chi connectivity index (χ2v) is 9.64. The van der Waals surface area contributed by atoms with Crippen molar-refractivity contribution in [2.24, 2.45) is 0 Å². The van der Waals surface area contributed by atoms with Crippen molar-refractivity contribution in [3.8, 4) is 0 Å². The van der Waals surface area contributed by atoms with Crippen LogP contribution in [0, 0.1) is 0 Å². The second-order valence-electron chi connectivity index (χ2n) is 9.64. The lowest BCUT2D eigenvalue weighted by atomic mass is 10.1. The molecule has 0 saturated carbocycles. The van der Waals surface area contributed by atoms with E-state index < -0.39 is 0 Å². The highest BCUT2D eigenvalue weighted by molar-refractivity contribution is 5.65. The highest BCUT2D eigenvalue weighted by atomic mass is 35.5. The van der Waals surface area contributed by atoms with Crippen LogP contribution in [0.4, 0.5) is 0 Å². The fourth-order valence-corrected chi connectivity index (χ4v) is 3.84. The third-order valence-electron chi connectivity index (χ3n) is 5.71. The van der Waals surface area contributed by atoms with Gasteiger partial charge in [0, 0.05) is 26.6 Å². The summed E-state index contributed by atoms with van der Waals surface area (Å²) in [5.74, 6) is -0.200. The Morgan fingerprint density at radius 3 is 1.84 bits per heavy atom. The molecule has 0 saturated heterocycles. The van der Waals surface area contributed by atoms with Crippen molar-refractivity contribution in [3.05, 3.63) is 0 Å². The number of hydrogen-bond donors (Lipinski definition) is 0. The molecular weight excluding hydrogens is 426 g/mol. The van der Waals surface area contributed by atoms with E-state index in [1.807, 2.05) is 0 Å². The average Bonchev–Trinajstić information content (AvgIpc) is 2.72. The van der Waals surface area contributed by atoms with Gasteiger partial charge < -0.3 is 31.1 Å².